The van der Waals surface area contributed by atoms with Crippen molar-refractivity contribution in [3.63, 3.8) is 0 Å². The molecule has 2 atom stereocenters. The molecule has 0 saturated heterocycles. The summed E-state index contributed by atoms with van der Waals surface area (Å²) in [7, 11) is 0. The van der Waals surface area contributed by atoms with Gasteiger partial charge in [0.25, 0.3) is 5.56 Å². The third-order valence-electron chi connectivity index (χ3n) is 5.40. The predicted octanol–water partition coefficient (Wildman–Crippen LogP) is 3.83. The smallest absolute Gasteiger partial charge is 0.318 e. The van der Waals surface area contributed by atoms with Gasteiger partial charge in [0.15, 0.2) is 5.78 Å². The Bertz CT molecular complexity index is 1280. The van der Waals surface area contributed by atoms with Crippen LogP contribution >= 0.6 is 11.6 Å². The first-order chi connectivity index (χ1) is 15.4. The quantitative estimate of drug-likeness (QED) is 0.620. The highest BCUT2D eigenvalue weighted by Gasteiger charge is 2.26. The number of nitrogens with one attached hydrogen (secondary N) is 2. The molecule has 0 fully saturated rings. The van der Waals surface area contributed by atoms with E-state index >= 15 is 0 Å². The number of H-pyrrole nitrogens is 1. The number of hydrogen-bond acceptors (Lipinski definition) is 4. The number of carbonyl (C=O) groups excluding carboxylic acids is 2. The molecule has 162 valence electrons. The summed E-state index contributed by atoms with van der Waals surface area (Å²) in [5.41, 5.74) is 1.48. The van der Waals surface area contributed by atoms with Crippen molar-refractivity contribution >= 4 is 34.2 Å². The minimum Gasteiger partial charge on any atom is -0.328 e. The molecule has 0 bridgehead atoms. The van der Waals surface area contributed by atoms with E-state index in [0.717, 1.165) is 16.5 Å². The number of halogens is 1. The lowest BCUT2D eigenvalue weighted by molar-refractivity contribution is -0.110. The first kappa shape index (κ1) is 21.5. The lowest BCUT2D eigenvalue weighted by atomic mass is 10.0. The van der Waals surface area contributed by atoms with Gasteiger partial charge in [-0.25, -0.2) is 4.79 Å². The fourth-order valence-electron chi connectivity index (χ4n) is 3.70. The Morgan fingerprint density at radius 1 is 1.22 bits per heavy atom. The van der Waals surface area contributed by atoms with Crippen LogP contribution < -0.4 is 10.9 Å². The van der Waals surface area contributed by atoms with Crippen molar-refractivity contribution in [3.8, 4) is 0 Å². The number of rotatable bonds is 5. The monoisotopic (exact) mass is 448 g/mol. The Labute approximate surface area is 189 Å². The Hall–Kier alpha value is -3.71. The number of amides is 2. The fraction of sp³-hybridized carbons (Fsp3) is 0.167. The molecular formula is C24H21ClN4O3. The van der Waals surface area contributed by atoms with Crippen LogP contribution in [0.5, 0.6) is 0 Å². The summed E-state index contributed by atoms with van der Waals surface area (Å²) in [5.74, 6) is -0.294. The van der Waals surface area contributed by atoms with Crippen LogP contribution in [0.1, 0.15) is 24.1 Å². The highest BCUT2D eigenvalue weighted by atomic mass is 35.5. The van der Waals surface area contributed by atoms with Crippen LogP contribution in [-0.2, 0) is 11.3 Å². The van der Waals surface area contributed by atoms with Crippen molar-refractivity contribution < 1.29 is 9.59 Å². The molecule has 4 rings (SSSR count). The van der Waals surface area contributed by atoms with Crippen molar-refractivity contribution in [2.75, 3.05) is 0 Å². The van der Waals surface area contributed by atoms with Gasteiger partial charge >= 0.3 is 6.03 Å². The van der Waals surface area contributed by atoms with Gasteiger partial charge in [0, 0.05) is 30.5 Å². The zero-order chi connectivity index (χ0) is 22.7. The van der Waals surface area contributed by atoms with Crippen LogP contribution in [0.15, 0.2) is 83.0 Å². The summed E-state index contributed by atoms with van der Waals surface area (Å²) < 4.78 is 0. The number of ketones is 1. The van der Waals surface area contributed by atoms with Crippen LogP contribution in [0.4, 0.5) is 4.79 Å². The van der Waals surface area contributed by atoms with Crippen molar-refractivity contribution in [2.45, 2.75) is 25.6 Å². The number of allylic oxidation sites excluding steroid dienone is 2. The Morgan fingerprint density at radius 3 is 2.72 bits per heavy atom. The molecule has 7 nitrogen and oxygen atoms in total. The first-order valence-electron chi connectivity index (χ1n) is 10.1. The number of fused-ring (bicyclic) bond motifs is 1. The van der Waals surface area contributed by atoms with Gasteiger partial charge in [0.05, 0.1) is 17.1 Å². The minimum atomic E-state index is -0.511. The topological polar surface area (TPSA) is 95.2 Å². The maximum atomic E-state index is 13.4. The molecule has 2 heterocycles. The highest BCUT2D eigenvalue weighted by Crippen LogP contribution is 2.27. The van der Waals surface area contributed by atoms with Gasteiger partial charge in [-0.05, 0) is 47.7 Å². The van der Waals surface area contributed by atoms with Gasteiger partial charge in [-0.1, -0.05) is 41.9 Å². The number of aromatic nitrogens is 2. The second-order valence-electron chi connectivity index (χ2n) is 7.50. The Kier molecular flexibility index (Phi) is 6.18. The largest absolute Gasteiger partial charge is 0.328 e. The van der Waals surface area contributed by atoms with E-state index in [2.05, 4.69) is 15.3 Å². The number of nitrogens with zero attached hydrogens (tertiary/aromatic N) is 2. The molecule has 1 aromatic carbocycles. The minimum absolute atomic E-state index is 0.0660. The van der Waals surface area contributed by atoms with Gasteiger partial charge in [0.2, 0.25) is 0 Å². The van der Waals surface area contributed by atoms with Gasteiger partial charge in [0.1, 0.15) is 0 Å². The number of hydrogen-bond donors (Lipinski definition) is 2. The van der Waals surface area contributed by atoms with Crippen LogP contribution in [0, 0.1) is 0 Å². The van der Waals surface area contributed by atoms with Crippen molar-refractivity contribution in [3.05, 3.63) is 99.7 Å². The molecule has 1 aliphatic rings. The zero-order valence-corrected chi connectivity index (χ0v) is 18.0. The SMILES string of the molecule is CC(c1c[nH]c(=O)c2ccccc12)N(Cc1cccnc1)C(=O)NC1C=CC(=O)C(Cl)=C1. The van der Waals surface area contributed by atoms with Gasteiger partial charge in [-0.3, -0.25) is 14.6 Å². The van der Waals surface area contributed by atoms with E-state index < -0.39 is 6.04 Å². The average molecular weight is 449 g/mol. The zero-order valence-electron chi connectivity index (χ0n) is 17.3. The van der Waals surface area contributed by atoms with E-state index in [1.54, 1.807) is 41.7 Å². The third kappa shape index (κ3) is 4.48. The average Bonchev–Trinajstić information content (AvgIpc) is 2.80. The number of benzene rings is 1. The lowest BCUT2D eigenvalue weighted by Gasteiger charge is -2.31. The number of aromatic amines is 1. The van der Waals surface area contributed by atoms with Crippen LogP contribution in [-0.4, -0.2) is 32.7 Å². The third-order valence-corrected chi connectivity index (χ3v) is 5.71. The second-order valence-corrected chi connectivity index (χ2v) is 7.90. The summed E-state index contributed by atoms with van der Waals surface area (Å²) in [4.78, 5) is 45.8. The molecule has 2 aromatic heterocycles. The van der Waals surface area contributed by atoms with E-state index in [9.17, 15) is 14.4 Å². The molecule has 0 saturated carbocycles. The van der Waals surface area contributed by atoms with Crippen LogP contribution in [0.2, 0.25) is 0 Å². The molecule has 2 unspecified atom stereocenters. The molecule has 8 heteroatoms. The van der Waals surface area contributed by atoms with E-state index in [1.165, 1.54) is 12.2 Å². The molecule has 0 spiro atoms. The fourth-order valence-corrected chi connectivity index (χ4v) is 3.90. The predicted molar refractivity (Wildman–Crippen MR) is 123 cm³/mol. The standard InChI is InChI=1S/C24H21ClN4O3/c1-15(20-13-27-23(31)19-7-3-2-6-18(19)20)29(14-16-5-4-10-26-12-16)24(32)28-17-8-9-22(30)21(25)11-17/h2-13,15,17H,14H2,1H3,(H,27,31)(H,28,32). The molecule has 32 heavy (non-hydrogen) atoms. The first-order valence-corrected chi connectivity index (χ1v) is 10.5. The molecule has 0 radical (unpaired) electrons. The highest BCUT2D eigenvalue weighted by molar-refractivity contribution is 6.44. The van der Waals surface area contributed by atoms with Crippen LogP contribution in [0.3, 0.4) is 0 Å². The normalized spacial score (nSPS) is 16.5. The molecule has 2 N–H and O–H groups in total. The number of urea groups is 1. The number of pyridine rings is 2. The van der Waals surface area contributed by atoms with E-state index in [0.29, 0.717) is 11.9 Å². The summed E-state index contributed by atoms with van der Waals surface area (Å²) in [6.45, 7) is 2.19. The molecule has 0 aliphatic heterocycles. The van der Waals surface area contributed by atoms with Gasteiger partial charge in [-0.15, -0.1) is 0 Å². The van der Waals surface area contributed by atoms with Crippen molar-refractivity contribution in [1.82, 2.24) is 20.2 Å². The van der Waals surface area contributed by atoms with Crippen LogP contribution in [0.25, 0.3) is 10.8 Å². The van der Waals surface area contributed by atoms with E-state index in [1.807, 2.05) is 31.2 Å². The summed E-state index contributed by atoms with van der Waals surface area (Å²) in [6.07, 6.45) is 9.46. The maximum Gasteiger partial charge on any atom is 0.318 e. The van der Waals surface area contributed by atoms with Gasteiger partial charge in [-0.2, -0.15) is 0 Å². The Morgan fingerprint density at radius 2 is 2.00 bits per heavy atom. The summed E-state index contributed by atoms with van der Waals surface area (Å²) in [5, 5.41) is 4.30. The summed E-state index contributed by atoms with van der Waals surface area (Å²) in [6, 6.07) is 9.75. The molecular weight excluding hydrogens is 428 g/mol. The van der Waals surface area contributed by atoms with E-state index in [-0.39, 0.29) is 28.4 Å². The lowest BCUT2D eigenvalue weighted by Crippen LogP contribution is -2.45. The van der Waals surface area contributed by atoms with Gasteiger partial charge < -0.3 is 15.2 Å². The second kappa shape index (κ2) is 9.20. The number of carbonyl (C=O) groups is 2. The molecule has 1 aliphatic carbocycles. The van der Waals surface area contributed by atoms with E-state index in [4.69, 9.17) is 11.6 Å². The summed E-state index contributed by atoms with van der Waals surface area (Å²) >= 11 is 5.95. The Balaban J connectivity index is 1.69. The molecule has 2 amide bonds. The van der Waals surface area contributed by atoms with Crippen molar-refractivity contribution in [1.29, 1.82) is 0 Å². The maximum absolute atomic E-state index is 13.4. The van der Waals surface area contributed by atoms with Crippen molar-refractivity contribution in [2.24, 2.45) is 0 Å². The molecule has 3 aromatic rings.